The van der Waals surface area contributed by atoms with Crippen molar-refractivity contribution in [2.24, 2.45) is 5.92 Å². The fourth-order valence-electron chi connectivity index (χ4n) is 3.11. The van der Waals surface area contributed by atoms with E-state index >= 15 is 0 Å². The molecule has 2 N–H and O–H groups in total. The van der Waals surface area contributed by atoms with Crippen LogP contribution in [0.15, 0.2) is 42.5 Å². The molecule has 2 atom stereocenters. The van der Waals surface area contributed by atoms with Gasteiger partial charge < -0.3 is 15.0 Å². The minimum absolute atomic E-state index is 0.0430. The molecule has 1 aliphatic rings. The van der Waals surface area contributed by atoms with E-state index in [1.165, 1.54) is 0 Å². The van der Waals surface area contributed by atoms with E-state index in [1.54, 1.807) is 6.07 Å². The molecule has 25 heavy (non-hydrogen) atoms. The van der Waals surface area contributed by atoms with Gasteiger partial charge in [0.15, 0.2) is 0 Å². The molecule has 1 aliphatic heterocycles. The van der Waals surface area contributed by atoms with E-state index in [0.29, 0.717) is 18.1 Å². The van der Waals surface area contributed by atoms with Crippen molar-refractivity contribution >= 4 is 28.5 Å². The third kappa shape index (κ3) is 3.20. The summed E-state index contributed by atoms with van der Waals surface area (Å²) in [4.78, 5) is 20.4. The standard InChI is InChI=1S/C19H18ClN3O2/c1-11(18-22-15-4-2-3-5-16(15)23-18)21-19(24)13-8-12-9-14(20)6-7-17(12)25-10-13/h2-7,9,11,13H,8,10H2,1H3,(H,21,24)(H,22,23)/t11-,13+/m1/s1. The summed E-state index contributed by atoms with van der Waals surface area (Å²) in [5.41, 5.74) is 2.82. The number of ether oxygens (including phenoxy) is 1. The predicted molar refractivity (Wildman–Crippen MR) is 96.8 cm³/mol. The SMILES string of the molecule is C[C@@H](NC(=O)[C@@H]1COc2ccc(Cl)cc2C1)c1nc2ccccc2[nH]1. The number of carbonyl (C=O) groups is 1. The molecular weight excluding hydrogens is 338 g/mol. The summed E-state index contributed by atoms with van der Waals surface area (Å²) in [5, 5.41) is 3.68. The van der Waals surface area contributed by atoms with Crippen LogP contribution in [0.2, 0.25) is 5.02 Å². The highest BCUT2D eigenvalue weighted by Crippen LogP contribution is 2.30. The number of hydrogen-bond acceptors (Lipinski definition) is 3. The second kappa shape index (κ2) is 6.41. The van der Waals surface area contributed by atoms with Crippen LogP contribution in [0.4, 0.5) is 0 Å². The second-order valence-electron chi connectivity index (χ2n) is 6.33. The molecule has 1 aromatic heterocycles. The number of H-pyrrole nitrogens is 1. The summed E-state index contributed by atoms with van der Waals surface area (Å²) in [6.07, 6.45) is 0.620. The third-order valence-electron chi connectivity index (χ3n) is 4.48. The van der Waals surface area contributed by atoms with Crippen molar-refractivity contribution in [3.8, 4) is 5.75 Å². The van der Waals surface area contributed by atoms with Crippen molar-refractivity contribution < 1.29 is 9.53 Å². The third-order valence-corrected chi connectivity index (χ3v) is 4.71. The quantitative estimate of drug-likeness (QED) is 0.753. The molecule has 5 nitrogen and oxygen atoms in total. The van der Waals surface area contributed by atoms with E-state index in [0.717, 1.165) is 28.2 Å². The molecule has 4 rings (SSSR count). The van der Waals surface area contributed by atoms with Crippen molar-refractivity contribution in [1.29, 1.82) is 0 Å². The molecule has 0 saturated heterocycles. The summed E-state index contributed by atoms with van der Waals surface area (Å²) in [6, 6.07) is 13.1. The highest BCUT2D eigenvalue weighted by Gasteiger charge is 2.27. The lowest BCUT2D eigenvalue weighted by atomic mass is 9.96. The molecule has 3 aromatic rings. The lowest BCUT2D eigenvalue weighted by Gasteiger charge is -2.25. The van der Waals surface area contributed by atoms with Crippen LogP contribution in [-0.4, -0.2) is 22.5 Å². The highest BCUT2D eigenvalue weighted by molar-refractivity contribution is 6.30. The maximum atomic E-state index is 12.6. The summed E-state index contributed by atoms with van der Waals surface area (Å²) < 4.78 is 5.70. The fraction of sp³-hybridized carbons (Fsp3) is 0.263. The normalized spacial score (nSPS) is 17.6. The zero-order chi connectivity index (χ0) is 17.4. The fourth-order valence-corrected chi connectivity index (χ4v) is 3.30. The molecule has 1 amide bonds. The number of nitrogens with one attached hydrogen (secondary N) is 2. The molecule has 0 fully saturated rings. The van der Waals surface area contributed by atoms with Crippen molar-refractivity contribution in [2.75, 3.05) is 6.61 Å². The largest absolute Gasteiger partial charge is 0.492 e. The first-order chi connectivity index (χ1) is 12.1. The maximum absolute atomic E-state index is 12.6. The van der Waals surface area contributed by atoms with Crippen LogP contribution < -0.4 is 10.1 Å². The number of hydrogen-bond donors (Lipinski definition) is 2. The summed E-state index contributed by atoms with van der Waals surface area (Å²) in [7, 11) is 0. The Bertz CT molecular complexity index is 904. The average molecular weight is 356 g/mol. The Balaban J connectivity index is 1.46. The molecule has 0 unspecified atom stereocenters. The summed E-state index contributed by atoms with van der Waals surface area (Å²) in [6.45, 7) is 2.29. The number of benzene rings is 2. The van der Waals surface area contributed by atoms with Crippen LogP contribution >= 0.6 is 11.6 Å². The Kier molecular flexibility index (Phi) is 4.09. The van der Waals surface area contributed by atoms with Gasteiger partial charge in [-0.05, 0) is 49.2 Å². The molecule has 0 bridgehead atoms. The van der Waals surface area contributed by atoms with Gasteiger partial charge >= 0.3 is 0 Å². The number of amides is 1. The first kappa shape index (κ1) is 16.0. The van der Waals surface area contributed by atoms with Gasteiger partial charge in [0.1, 0.15) is 18.2 Å². The first-order valence-corrected chi connectivity index (χ1v) is 8.64. The average Bonchev–Trinajstić information content (AvgIpc) is 3.05. The molecule has 2 aromatic carbocycles. The van der Waals surface area contributed by atoms with Gasteiger partial charge in [-0.2, -0.15) is 0 Å². The minimum Gasteiger partial charge on any atom is -0.492 e. The van der Waals surface area contributed by atoms with Gasteiger partial charge in [-0.25, -0.2) is 4.98 Å². The van der Waals surface area contributed by atoms with E-state index in [-0.39, 0.29) is 17.9 Å². The van der Waals surface area contributed by atoms with Crippen LogP contribution in [0.5, 0.6) is 5.75 Å². The predicted octanol–water partition coefficient (Wildman–Crippen LogP) is 3.64. The first-order valence-electron chi connectivity index (χ1n) is 8.26. The van der Waals surface area contributed by atoms with E-state index in [4.69, 9.17) is 16.3 Å². The highest BCUT2D eigenvalue weighted by atomic mass is 35.5. The lowest BCUT2D eigenvalue weighted by Crippen LogP contribution is -2.38. The Morgan fingerprint density at radius 1 is 1.36 bits per heavy atom. The van der Waals surface area contributed by atoms with Crippen LogP contribution in [-0.2, 0) is 11.2 Å². The molecule has 0 radical (unpaired) electrons. The van der Waals surface area contributed by atoms with Crippen LogP contribution in [0.25, 0.3) is 11.0 Å². The Hall–Kier alpha value is -2.53. The van der Waals surface area contributed by atoms with Gasteiger partial charge in [0, 0.05) is 5.02 Å². The lowest BCUT2D eigenvalue weighted by molar-refractivity contribution is -0.127. The van der Waals surface area contributed by atoms with Crippen molar-refractivity contribution in [3.05, 3.63) is 58.9 Å². The molecule has 6 heteroatoms. The second-order valence-corrected chi connectivity index (χ2v) is 6.77. The number of para-hydroxylation sites is 2. The van der Waals surface area contributed by atoms with Crippen molar-refractivity contribution in [1.82, 2.24) is 15.3 Å². The maximum Gasteiger partial charge on any atom is 0.227 e. The zero-order valence-corrected chi connectivity index (χ0v) is 14.5. The van der Waals surface area contributed by atoms with Crippen molar-refractivity contribution in [3.63, 3.8) is 0 Å². The van der Waals surface area contributed by atoms with Gasteiger partial charge in [0.2, 0.25) is 5.91 Å². The van der Waals surface area contributed by atoms with Crippen molar-refractivity contribution in [2.45, 2.75) is 19.4 Å². The van der Waals surface area contributed by atoms with Gasteiger partial charge in [0.25, 0.3) is 0 Å². The number of rotatable bonds is 3. The Morgan fingerprint density at radius 3 is 3.04 bits per heavy atom. The Morgan fingerprint density at radius 2 is 2.20 bits per heavy atom. The molecule has 128 valence electrons. The topological polar surface area (TPSA) is 67.0 Å². The summed E-state index contributed by atoms with van der Waals surface area (Å²) >= 11 is 6.04. The van der Waals surface area contributed by atoms with E-state index in [2.05, 4.69) is 15.3 Å². The van der Waals surface area contributed by atoms with Crippen LogP contribution in [0, 0.1) is 5.92 Å². The molecule has 0 aliphatic carbocycles. The molecular formula is C19H18ClN3O2. The van der Waals surface area contributed by atoms with Gasteiger partial charge in [-0.1, -0.05) is 23.7 Å². The zero-order valence-electron chi connectivity index (χ0n) is 13.8. The van der Waals surface area contributed by atoms with Crippen LogP contribution in [0.3, 0.4) is 0 Å². The van der Waals surface area contributed by atoms with E-state index < -0.39 is 0 Å². The number of aromatic amines is 1. The van der Waals surface area contributed by atoms with Gasteiger partial charge in [-0.15, -0.1) is 0 Å². The number of fused-ring (bicyclic) bond motifs is 2. The smallest absolute Gasteiger partial charge is 0.227 e. The van der Waals surface area contributed by atoms with E-state index in [9.17, 15) is 4.79 Å². The number of nitrogens with zero attached hydrogens (tertiary/aromatic N) is 1. The monoisotopic (exact) mass is 355 g/mol. The minimum atomic E-state index is -0.238. The molecule has 2 heterocycles. The van der Waals surface area contributed by atoms with E-state index in [1.807, 2.05) is 43.3 Å². The number of imidazole rings is 1. The number of carbonyl (C=O) groups excluding carboxylic acids is 1. The van der Waals surface area contributed by atoms with Gasteiger partial charge in [0.05, 0.1) is 23.0 Å². The molecule has 0 saturated carbocycles. The van der Waals surface area contributed by atoms with Gasteiger partial charge in [-0.3, -0.25) is 4.79 Å². The molecule has 0 spiro atoms. The van der Waals surface area contributed by atoms with Crippen LogP contribution in [0.1, 0.15) is 24.4 Å². The Labute approximate surface area is 150 Å². The summed E-state index contributed by atoms with van der Waals surface area (Å²) in [5.74, 6) is 1.27. The number of halogens is 1. The number of aromatic nitrogens is 2.